The smallest absolute Gasteiger partial charge is 0.314 e. The Morgan fingerprint density at radius 3 is 3.14 bits per heavy atom. The van der Waals surface area contributed by atoms with Crippen LogP contribution in [0.2, 0.25) is 0 Å². The maximum Gasteiger partial charge on any atom is 0.314 e. The van der Waals surface area contributed by atoms with Crippen LogP contribution in [-0.4, -0.2) is 17.2 Å². The number of hydrogen-bond donors (Lipinski definition) is 1. The summed E-state index contributed by atoms with van der Waals surface area (Å²) in [5.74, 6) is 0.575. The number of rotatable bonds is 2. The summed E-state index contributed by atoms with van der Waals surface area (Å²) in [6.07, 6.45) is 4.10. The molecule has 0 fully saturated rings. The van der Waals surface area contributed by atoms with Gasteiger partial charge in [0, 0.05) is 12.4 Å². The minimum Gasteiger partial charge on any atom is -0.423 e. The van der Waals surface area contributed by atoms with Crippen LogP contribution in [0, 0.1) is 12.3 Å². The van der Waals surface area contributed by atoms with E-state index < -0.39 is 0 Å². The lowest BCUT2D eigenvalue weighted by Gasteiger charge is -2.04. The fraction of sp³-hybridized carbons (Fsp3) is 0.300. The molecule has 0 aliphatic carbocycles. The molecule has 1 N–H and O–H groups in total. The van der Waals surface area contributed by atoms with Crippen LogP contribution in [0.4, 0.5) is 0 Å². The number of hydrogen-bond acceptors (Lipinski definition) is 3. The van der Waals surface area contributed by atoms with E-state index in [-0.39, 0.29) is 6.02 Å². The van der Waals surface area contributed by atoms with Crippen molar-refractivity contribution in [1.29, 1.82) is 5.41 Å². The number of pyridine rings is 1. The summed E-state index contributed by atoms with van der Waals surface area (Å²) in [6, 6.07) is 3.42. The molecular formula is C10H13N3O. The Labute approximate surface area is 83.2 Å². The van der Waals surface area contributed by atoms with Gasteiger partial charge in [0.15, 0.2) is 5.75 Å². The number of amidine groups is 1. The summed E-state index contributed by atoms with van der Waals surface area (Å²) in [4.78, 5) is 7.83. The van der Waals surface area contributed by atoms with Crippen molar-refractivity contribution in [2.75, 3.05) is 0 Å². The van der Waals surface area contributed by atoms with Crippen molar-refractivity contribution in [2.24, 2.45) is 4.99 Å². The van der Waals surface area contributed by atoms with Crippen molar-refractivity contribution >= 4 is 12.2 Å². The zero-order valence-corrected chi connectivity index (χ0v) is 8.32. The van der Waals surface area contributed by atoms with Gasteiger partial charge in [0.25, 0.3) is 0 Å². The second-order valence-corrected chi connectivity index (χ2v) is 2.71. The Hall–Kier alpha value is -1.71. The van der Waals surface area contributed by atoms with Gasteiger partial charge in [-0.2, -0.15) is 0 Å². The first-order chi connectivity index (χ1) is 6.74. The highest BCUT2D eigenvalue weighted by atomic mass is 16.5. The zero-order valence-electron chi connectivity index (χ0n) is 8.32. The largest absolute Gasteiger partial charge is 0.423 e. The predicted molar refractivity (Wildman–Crippen MR) is 56.1 cm³/mol. The van der Waals surface area contributed by atoms with E-state index in [1.807, 2.05) is 13.8 Å². The molecule has 0 radical (unpaired) electrons. The number of aromatic nitrogens is 1. The normalized spacial score (nSPS) is 10.4. The van der Waals surface area contributed by atoms with Crippen molar-refractivity contribution in [3.8, 4) is 5.75 Å². The molecule has 1 rings (SSSR count). The minimum atomic E-state index is -0.108. The number of aryl methyl sites for hydroxylation is 1. The first-order valence-corrected chi connectivity index (χ1v) is 4.44. The fourth-order valence-electron chi connectivity index (χ4n) is 0.882. The Balaban J connectivity index is 2.65. The number of ether oxygens (including phenoxy) is 1. The molecule has 0 aromatic carbocycles. The first kappa shape index (κ1) is 10.4. The first-order valence-electron chi connectivity index (χ1n) is 4.44. The third-order valence-electron chi connectivity index (χ3n) is 1.56. The van der Waals surface area contributed by atoms with Gasteiger partial charge < -0.3 is 4.74 Å². The summed E-state index contributed by atoms with van der Waals surface area (Å²) in [6.45, 7) is 3.78. The molecule has 1 aromatic rings. The molecule has 0 saturated heterocycles. The van der Waals surface area contributed by atoms with Crippen LogP contribution in [0.3, 0.4) is 0 Å². The molecule has 0 aliphatic rings. The molecule has 74 valence electrons. The van der Waals surface area contributed by atoms with E-state index in [0.717, 1.165) is 12.1 Å². The van der Waals surface area contributed by atoms with Gasteiger partial charge >= 0.3 is 6.02 Å². The SMILES string of the molecule is CC/C=N/C(=N)Oc1cccnc1C. The molecule has 0 aliphatic heterocycles. The topological polar surface area (TPSA) is 58.3 Å². The summed E-state index contributed by atoms with van der Waals surface area (Å²) in [5.41, 5.74) is 0.754. The lowest BCUT2D eigenvalue weighted by molar-refractivity contribution is 0.530. The van der Waals surface area contributed by atoms with E-state index in [9.17, 15) is 0 Å². The Kier molecular flexibility index (Phi) is 3.79. The summed E-state index contributed by atoms with van der Waals surface area (Å²) in [7, 11) is 0. The molecule has 0 amide bonds. The quantitative estimate of drug-likeness (QED) is 0.575. The number of aliphatic imine (C=N–C) groups is 1. The number of nitrogens with one attached hydrogen (secondary N) is 1. The van der Waals surface area contributed by atoms with Crippen LogP contribution in [-0.2, 0) is 0 Å². The van der Waals surface area contributed by atoms with Crippen molar-refractivity contribution in [1.82, 2.24) is 4.98 Å². The standard InChI is InChI=1S/C10H13N3O/c1-3-6-13-10(11)14-9-5-4-7-12-8(9)2/h4-7,11H,3H2,1-2H3/b11-10?,13-6+. The molecule has 4 nitrogen and oxygen atoms in total. The molecule has 0 saturated carbocycles. The van der Waals surface area contributed by atoms with Gasteiger partial charge in [-0.15, -0.1) is 0 Å². The van der Waals surface area contributed by atoms with Crippen LogP contribution < -0.4 is 4.74 Å². The molecule has 0 atom stereocenters. The van der Waals surface area contributed by atoms with E-state index in [2.05, 4.69) is 9.98 Å². The highest BCUT2D eigenvalue weighted by Crippen LogP contribution is 2.13. The lowest BCUT2D eigenvalue weighted by atomic mass is 10.3. The minimum absolute atomic E-state index is 0.108. The van der Waals surface area contributed by atoms with Gasteiger partial charge in [-0.1, -0.05) is 6.92 Å². The average molecular weight is 191 g/mol. The third-order valence-corrected chi connectivity index (χ3v) is 1.56. The molecule has 0 spiro atoms. The van der Waals surface area contributed by atoms with E-state index >= 15 is 0 Å². The highest BCUT2D eigenvalue weighted by Gasteiger charge is 2.01. The molecule has 1 heterocycles. The average Bonchev–Trinajstić information content (AvgIpc) is 2.18. The maximum absolute atomic E-state index is 7.38. The summed E-state index contributed by atoms with van der Waals surface area (Å²) < 4.78 is 5.17. The van der Waals surface area contributed by atoms with Crippen LogP contribution in [0.5, 0.6) is 5.75 Å². The van der Waals surface area contributed by atoms with Crippen LogP contribution in [0.1, 0.15) is 19.0 Å². The van der Waals surface area contributed by atoms with Crippen molar-refractivity contribution in [2.45, 2.75) is 20.3 Å². The molecule has 1 aromatic heterocycles. The van der Waals surface area contributed by atoms with E-state index in [1.54, 1.807) is 24.5 Å². The van der Waals surface area contributed by atoms with Crippen molar-refractivity contribution in [3.05, 3.63) is 24.0 Å². The van der Waals surface area contributed by atoms with Gasteiger partial charge in [0.1, 0.15) is 0 Å². The molecule has 4 heteroatoms. The van der Waals surface area contributed by atoms with Gasteiger partial charge in [-0.05, 0) is 25.5 Å². The van der Waals surface area contributed by atoms with Crippen LogP contribution in [0.25, 0.3) is 0 Å². The Morgan fingerprint density at radius 1 is 1.71 bits per heavy atom. The molecular weight excluding hydrogens is 178 g/mol. The lowest BCUT2D eigenvalue weighted by Crippen LogP contribution is -2.05. The van der Waals surface area contributed by atoms with Crippen molar-refractivity contribution < 1.29 is 4.74 Å². The third kappa shape index (κ3) is 2.97. The highest BCUT2D eigenvalue weighted by molar-refractivity contribution is 5.82. The second kappa shape index (κ2) is 5.11. The molecule has 0 unspecified atom stereocenters. The van der Waals surface area contributed by atoms with Crippen LogP contribution in [0.15, 0.2) is 23.3 Å². The Bertz CT molecular complexity index is 347. The van der Waals surface area contributed by atoms with Gasteiger partial charge in [-0.3, -0.25) is 4.98 Å². The van der Waals surface area contributed by atoms with Gasteiger partial charge in [0.05, 0.1) is 5.69 Å². The van der Waals surface area contributed by atoms with E-state index in [4.69, 9.17) is 10.1 Å². The predicted octanol–water partition coefficient (Wildman–Crippen LogP) is 2.18. The van der Waals surface area contributed by atoms with Gasteiger partial charge in [0.2, 0.25) is 0 Å². The van der Waals surface area contributed by atoms with Gasteiger partial charge in [-0.25, -0.2) is 10.4 Å². The maximum atomic E-state index is 7.38. The second-order valence-electron chi connectivity index (χ2n) is 2.71. The molecule has 0 bridgehead atoms. The van der Waals surface area contributed by atoms with E-state index in [1.165, 1.54) is 0 Å². The zero-order chi connectivity index (χ0) is 10.4. The van der Waals surface area contributed by atoms with Crippen LogP contribution >= 0.6 is 0 Å². The fourth-order valence-corrected chi connectivity index (χ4v) is 0.882. The molecule has 14 heavy (non-hydrogen) atoms. The Morgan fingerprint density at radius 2 is 2.50 bits per heavy atom. The summed E-state index contributed by atoms with van der Waals surface area (Å²) >= 11 is 0. The van der Waals surface area contributed by atoms with E-state index in [0.29, 0.717) is 5.75 Å². The summed E-state index contributed by atoms with van der Waals surface area (Å²) in [5, 5.41) is 7.38. The van der Waals surface area contributed by atoms with Crippen molar-refractivity contribution in [3.63, 3.8) is 0 Å². The number of nitrogens with zero attached hydrogens (tertiary/aromatic N) is 2. The monoisotopic (exact) mass is 191 g/mol.